The van der Waals surface area contributed by atoms with Crippen LogP contribution in [0.25, 0.3) is 0 Å². The minimum Gasteiger partial charge on any atom is -0.376 e. The number of hydrogen-bond acceptors (Lipinski definition) is 4. The summed E-state index contributed by atoms with van der Waals surface area (Å²) in [5.74, 6) is -0.350. The van der Waals surface area contributed by atoms with Gasteiger partial charge in [-0.3, -0.25) is 15.0 Å². The lowest BCUT2D eigenvalue weighted by Gasteiger charge is -2.13. The molecule has 1 aliphatic heterocycles. The number of aryl methyl sites for hydroxylation is 2. The van der Waals surface area contributed by atoms with Gasteiger partial charge in [-0.05, 0) is 38.3 Å². The molecule has 1 fully saturated rings. The molecule has 1 aromatic heterocycles. The van der Waals surface area contributed by atoms with Crippen molar-refractivity contribution in [1.29, 1.82) is 0 Å². The topological polar surface area (TPSA) is 69.6 Å². The summed E-state index contributed by atoms with van der Waals surface area (Å²) in [6.45, 7) is 4.69. The van der Waals surface area contributed by atoms with Crippen LogP contribution in [0, 0.1) is 13.8 Å². The van der Waals surface area contributed by atoms with Gasteiger partial charge in [-0.25, -0.2) is 4.68 Å². The largest absolute Gasteiger partial charge is 0.376 e. The maximum Gasteiger partial charge on any atom is 0.269 e. The Morgan fingerprint density at radius 3 is 2.95 bits per heavy atom. The van der Waals surface area contributed by atoms with Gasteiger partial charge in [0.1, 0.15) is 6.61 Å². The van der Waals surface area contributed by atoms with E-state index >= 15 is 0 Å². The molecule has 1 atom stereocenters. The van der Waals surface area contributed by atoms with Crippen molar-refractivity contribution in [2.24, 2.45) is 0 Å². The zero-order chi connectivity index (χ0) is 14.5. The molecule has 6 nitrogen and oxygen atoms in total. The summed E-state index contributed by atoms with van der Waals surface area (Å²) in [6.07, 6.45) is 2.10. The van der Waals surface area contributed by atoms with Crippen LogP contribution in [0.5, 0.6) is 0 Å². The van der Waals surface area contributed by atoms with Gasteiger partial charge < -0.3 is 9.47 Å². The van der Waals surface area contributed by atoms with E-state index in [-0.39, 0.29) is 24.2 Å². The molecule has 20 heavy (non-hydrogen) atoms. The molecular formula is C14H20N2O4. The van der Waals surface area contributed by atoms with Crippen molar-refractivity contribution < 1.29 is 14.3 Å². The fourth-order valence-corrected chi connectivity index (χ4v) is 2.23. The molecule has 6 heteroatoms. The van der Waals surface area contributed by atoms with Gasteiger partial charge in [-0.1, -0.05) is 0 Å². The predicted molar refractivity (Wildman–Crippen MR) is 74.3 cm³/mol. The van der Waals surface area contributed by atoms with E-state index in [2.05, 4.69) is 5.43 Å². The fourth-order valence-electron chi connectivity index (χ4n) is 2.23. The van der Waals surface area contributed by atoms with Gasteiger partial charge >= 0.3 is 0 Å². The summed E-state index contributed by atoms with van der Waals surface area (Å²) < 4.78 is 11.9. The first-order chi connectivity index (χ1) is 9.56. The van der Waals surface area contributed by atoms with E-state index in [1.807, 2.05) is 13.0 Å². The zero-order valence-corrected chi connectivity index (χ0v) is 11.8. The molecule has 0 saturated carbocycles. The van der Waals surface area contributed by atoms with E-state index < -0.39 is 0 Å². The number of hydrogen-bond donors (Lipinski definition) is 1. The monoisotopic (exact) mass is 280 g/mol. The molecule has 1 N–H and O–H groups in total. The van der Waals surface area contributed by atoms with Crippen LogP contribution in [0.1, 0.15) is 24.1 Å². The number of nitrogens with one attached hydrogen (secondary N) is 1. The second-order valence-electron chi connectivity index (χ2n) is 5.03. The lowest BCUT2D eigenvalue weighted by Crippen LogP contribution is -2.36. The van der Waals surface area contributed by atoms with E-state index in [1.54, 1.807) is 6.92 Å². The fraction of sp³-hybridized carbons (Fsp3) is 0.571. The van der Waals surface area contributed by atoms with Crippen LogP contribution in [0.2, 0.25) is 0 Å². The number of carbonyl (C=O) groups is 1. The first-order valence-electron chi connectivity index (χ1n) is 6.76. The average molecular weight is 280 g/mol. The number of ether oxygens (including phenoxy) is 2. The molecule has 1 aromatic rings. The van der Waals surface area contributed by atoms with Crippen LogP contribution < -0.4 is 11.0 Å². The third-order valence-electron chi connectivity index (χ3n) is 3.16. The van der Waals surface area contributed by atoms with Gasteiger partial charge in [0.25, 0.3) is 11.5 Å². The third-order valence-corrected chi connectivity index (χ3v) is 3.16. The molecule has 0 aliphatic carbocycles. The SMILES string of the molecule is Cc1cc(C)n(NC(=O)COC[C@H]2CCCO2)c(=O)c1. The van der Waals surface area contributed by atoms with Crippen LogP contribution in [0.3, 0.4) is 0 Å². The van der Waals surface area contributed by atoms with Crippen LogP contribution in [-0.2, 0) is 14.3 Å². The molecule has 0 spiro atoms. The summed E-state index contributed by atoms with van der Waals surface area (Å²) in [5, 5.41) is 0. The van der Waals surface area contributed by atoms with Crippen LogP contribution in [0.4, 0.5) is 0 Å². The van der Waals surface area contributed by atoms with E-state index in [0.717, 1.165) is 25.0 Å². The van der Waals surface area contributed by atoms with Crippen molar-refractivity contribution in [3.05, 3.63) is 33.7 Å². The summed E-state index contributed by atoms with van der Waals surface area (Å²) in [5.41, 5.74) is 3.83. The molecule has 2 rings (SSSR count). The quantitative estimate of drug-likeness (QED) is 0.863. The van der Waals surface area contributed by atoms with E-state index in [9.17, 15) is 9.59 Å². The van der Waals surface area contributed by atoms with Crippen molar-refractivity contribution in [3.63, 3.8) is 0 Å². The lowest BCUT2D eigenvalue weighted by atomic mass is 10.2. The number of aromatic nitrogens is 1. The summed E-state index contributed by atoms with van der Waals surface area (Å²) in [6, 6.07) is 3.30. The number of carbonyl (C=O) groups excluding carboxylic acids is 1. The third kappa shape index (κ3) is 3.91. The first-order valence-corrected chi connectivity index (χ1v) is 6.76. The van der Waals surface area contributed by atoms with Gasteiger partial charge in [0.15, 0.2) is 0 Å². The van der Waals surface area contributed by atoms with Gasteiger partial charge in [0.2, 0.25) is 0 Å². The second-order valence-corrected chi connectivity index (χ2v) is 5.03. The molecule has 2 heterocycles. The Kier molecular flexibility index (Phi) is 4.92. The van der Waals surface area contributed by atoms with Crippen molar-refractivity contribution in [2.45, 2.75) is 32.8 Å². The minimum absolute atomic E-state index is 0.0837. The van der Waals surface area contributed by atoms with Gasteiger partial charge in [0.05, 0.1) is 12.7 Å². The molecule has 0 aromatic carbocycles. The minimum atomic E-state index is -0.350. The first kappa shape index (κ1) is 14.7. The maximum absolute atomic E-state index is 11.8. The molecule has 0 radical (unpaired) electrons. The van der Waals surface area contributed by atoms with E-state index in [1.165, 1.54) is 10.7 Å². The number of nitrogens with zero attached hydrogens (tertiary/aromatic N) is 1. The summed E-state index contributed by atoms with van der Waals surface area (Å²) >= 11 is 0. The highest BCUT2D eigenvalue weighted by Gasteiger charge is 2.16. The van der Waals surface area contributed by atoms with Crippen LogP contribution >= 0.6 is 0 Å². The van der Waals surface area contributed by atoms with Gasteiger partial charge in [-0.15, -0.1) is 0 Å². The molecule has 1 amide bonds. The normalized spacial score (nSPS) is 18.2. The standard InChI is InChI=1S/C14H20N2O4/c1-10-6-11(2)16(14(18)7-10)15-13(17)9-19-8-12-4-3-5-20-12/h6-7,12H,3-5,8-9H2,1-2H3,(H,15,17)/t12-/m1/s1. The van der Waals surface area contributed by atoms with Gasteiger partial charge in [-0.2, -0.15) is 0 Å². The lowest BCUT2D eigenvalue weighted by molar-refractivity contribution is -0.122. The number of pyridine rings is 1. The number of rotatable bonds is 5. The molecule has 110 valence electrons. The molecule has 0 bridgehead atoms. The zero-order valence-electron chi connectivity index (χ0n) is 11.8. The van der Waals surface area contributed by atoms with Crippen molar-refractivity contribution >= 4 is 5.91 Å². The van der Waals surface area contributed by atoms with E-state index in [4.69, 9.17) is 9.47 Å². The second kappa shape index (κ2) is 6.67. The van der Waals surface area contributed by atoms with Crippen molar-refractivity contribution in [1.82, 2.24) is 4.68 Å². The Balaban J connectivity index is 1.83. The van der Waals surface area contributed by atoms with Gasteiger partial charge in [0, 0.05) is 18.4 Å². The summed E-state index contributed by atoms with van der Waals surface area (Å²) in [4.78, 5) is 23.5. The Hall–Kier alpha value is -1.66. The smallest absolute Gasteiger partial charge is 0.269 e. The highest BCUT2D eigenvalue weighted by Crippen LogP contribution is 2.11. The highest BCUT2D eigenvalue weighted by atomic mass is 16.5. The van der Waals surface area contributed by atoms with E-state index in [0.29, 0.717) is 12.3 Å². The highest BCUT2D eigenvalue weighted by molar-refractivity contribution is 5.84. The molecule has 1 saturated heterocycles. The van der Waals surface area contributed by atoms with Crippen LogP contribution in [0.15, 0.2) is 16.9 Å². The predicted octanol–water partition coefficient (Wildman–Crippen LogP) is 0.731. The Morgan fingerprint density at radius 2 is 2.30 bits per heavy atom. The summed E-state index contributed by atoms with van der Waals surface area (Å²) in [7, 11) is 0. The van der Waals surface area contributed by atoms with Crippen molar-refractivity contribution in [2.75, 3.05) is 25.2 Å². The molecule has 1 aliphatic rings. The average Bonchev–Trinajstić information content (AvgIpc) is 2.87. The van der Waals surface area contributed by atoms with Crippen molar-refractivity contribution in [3.8, 4) is 0 Å². The maximum atomic E-state index is 11.8. The molecular weight excluding hydrogens is 260 g/mol. The Labute approximate surface area is 117 Å². The van der Waals surface area contributed by atoms with Crippen LogP contribution in [-0.4, -0.2) is 36.5 Å². The Morgan fingerprint density at radius 1 is 1.50 bits per heavy atom. The number of amides is 1. The molecule has 0 unspecified atom stereocenters. The Bertz CT molecular complexity index is 532.